The Kier molecular flexibility index (Phi) is 3.77. The normalized spacial score (nSPS) is 22.9. The van der Waals surface area contributed by atoms with E-state index in [0.717, 1.165) is 23.4 Å². The molecule has 1 fully saturated rings. The molecule has 0 spiro atoms. The fourth-order valence-corrected chi connectivity index (χ4v) is 3.21. The molecule has 0 bridgehead atoms. The minimum atomic E-state index is 0.0129. The minimum absolute atomic E-state index is 0.0129. The van der Waals surface area contributed by atoms with E-state index in [9.17, 15) is 4.79 Å². The van der Waals surface area contributed by atoms with Crippen molar-refractivity contribution in [3.8, 4) is 0 Å². The highest BCUT2D eigenvalue weighted by molar-refractivity contribution is 5.97. The van der Waals surface area contributed by atoms with Crippen LogP contribution in [0.1, 0.15) is 43.1 Å². The molecular weight excluding hydrogens is 248 g/mol. The molecule has 2 atom stereocenters. The maximum Gasteiger partial charge on any atom is 0.267 e. The summed E-state index contributed by atoms with van der Waals surface area (Å²) in [5, 5.41) is 4.18. The predicted octanol–water partition coefficient (Wildman–Crippen LogP) is 3.72. The minimum Gasteiger partial charge on any atom is -0.351 e. The van der Waals surface area contributed by atoms with Crippen LogP contribution >= 0.6 is 0 Å². The molecule has 1 heterocycles. The average Bonchev–Trinajstić information content (AvgIpc) is 2.90. The molecule has 1 saturated carbocycles. The van der Waals surface area contributed by atoms with E-state index in [4.69, 9.17) is 0 Å². The number of hydrogen-bond donors (Lipinski definition) is 2. The van der Waals surface area contributed by atoms with Crippen molar-refractivity contribution >= 4 is 16.8 Å². The second-order valence-electron chi connectivity index (χ2n) is 6.00. The van der Waals surface area contributed by atoms with Crippen LogP contribution in [0.15, 0.2) is 30.3 Å². The van der Waals surface area contributed by atoms with E-state index in [1.807, 2.05) is 30.3 Å². The molecule has 2 aromatic rings. The number of fused-ring (bicyclic) bond motifs is 1. The number of hydrogen-bond acceptors (Lipinski definition) is 1. The summed E-state index contributed by atoms with van der Waals surface area (Å²) < 4.78 is 0. The molecule has 1 aromatic carbocycles. The van der Waals surface area contributed by atoms with Crippen LogP contribution in [0.3, 0.4) is 0 Å². The lowest BCUT2D eigenvalue weighted by Crippen LogP contribution is -2.33. The Bertz CT molecular complexity index is 569. The van der Waals surface area contributed by atoms with Crippen molar-refractivity contribution < 1.29 is 4.79 Å². The zero-order valence-electron chi connectivity index (χ0n) is 12.0. The first-order valence-corrected chi connectivity index (χ1v) is 7.60. The maximum absolute atomic E-state index is 12.2. The van der Waals surface area contributed by atoms with Gasteiger partial charge in [0.25, 0.3) is 5.91 Å². The molecule has 20 heavy (non-hydrogen) atoms. The van der Waals surface area contributed by atoms with Gasteiger partial charge in [0.1, 0.15) is 5.69 Å². The van der Waals surface area contributed by atoms with Crippen LogP contribution in [-0.4, -0.2) is 17.4 Å². The molecule has 1 aromatic heterocycles. The second kappa shape index (κ2) is 5.70. The van der Waals surface area contributed by atoms with E-state index < -0.39 is 0 Å². The van der Waals surface area contributed by atoms with E-state index in [1.165, 1.54) is 25.7 Å². The summed E-state index contributed by atoms with van der Waals surface area (Å²) in [5.74, 6) is 1.38. The Morgan fingerprint density at radius 1 is 1.30 bits per heavy atom. The third-order valence-corrected chi connectivity index (χ3v) is 4.59. The second-order valence-corrected chi connectivity index (χ2v) is 6.00. The molecule has 0 saturated heterocycles. The van der Waals surface area contributed by atoms with Crippen LogP contribution in [0.5, 0.6) is 0 Å². The fraction of sp³-hybridized carbons (Fsp3) is 0.471. The van der Waals surface area contributed by atoms with Crippen LogP contribution in [0.25, 0.3) is 10.9 Å². The average molecular weight is 270 g/mol. The first-order chi connectivity index (χ1) is 9.74. The summed E-state index contributed by atoms with van der Waals surface area (Å²) in [4.78, 5) is 15.4. The summed E-state index contributed by atoms with van der Waals surface area (Å²) >= 11 is 0. The number of aromatic amines is 1. The molecule has 1 aliphatic carbocycles. The first-order valence-electron chi connectivity index (χ1n) is 7.60. The number of rotatable bonds is 3. The topological polar surface area (TPSA) is 44.9 Å². The number of carbonyl (C=O) groups is 1. The van der Waals surface area contributed by atoms with Gasteiger partial charge in [0.05, 0.1) is 0 Å². The van der Waals surface area contributed by atoms with E-state index >= 15 is 0 Å². The molecule has 3 rings (SSSR count). The Balaban J connectivity index is 1.64. The number of benzene rings is 1. The van der Waals surface area contributed by atoms with Crippen molar-refractivity contribution in [2.24, 2.45) is 11.8 Å². The van der Waals surface area contributed by atoms with Gasteiger partial charge in [-0.05, 0) is 30.4 Å². The Morgan fingerprint density at radius 2 is 2.10 bits per heavy atom. The fourth-order valence-electron chi connectivity index (χ4n) is 3.21. The zero-order valence-corrected chi connectivity index (χ0v) is 12.0. The maximum atomic E-state index is 12.2. The van der Waals surface area contributed by atoms with Crippen molar-refractivity contribution in [2.75, 3.05) is 6.54 Å². The summed E-state index contributed by atoms with van der Waals surface area (Å²) in [6, 6.07) is 9.90. The zero-order chi connectivity index (χ0) is 13.9. The number of H-pyrrole nitrogens is 1. The van der Waals surface area contributed by atoms with Gasteiger partial charge < -0.3 is 10.3 Å². The number of nitrogens with one attached hydrogen (secondary N) is 2. The highest BCUT2D eigenvalue weighted by atomic mass is 16.1. The molecule has 106 valence electrons. The molecule has 3 heteroatoms. The van der Waals surface area contributed by atoms with Crippen LogP contribution in [0.2, 0.25) is 0 Å². The van der Waals surface area contributed by atoms with E-state index in [-0.39, 0.29) is 5.91 Å². The van der Waals surface area contributed by atoms with Gasteiger partial charge in [-0.15, -0.1) is 0 Å². The van der Waals surface area contributed by atoms with Crippen molar-refractivity contribution in [1.82, 2.24) is 10.3 Å². The predicted molar refractivity (Wildman–Crippen MR) is 81.8 cm³/mol. The Morgan fingerprint density at radius 3 is 2.90 bits per heavy atom. The Labute approximate surface area is 119 Å². The van der Waals surface area contributed by atoms with E-state index in [2.05, 4.69) is 17.2 Å². The van der Waals surface area contributed by atoms with Crippen molar-refractivity contribution in [2.45, 2.75) is 32.6 Å². The Hall–Kier alpha value is -1.77. The lowest BCUT2D eigenvalue weighted by molar-refractivity contribution is 0.0932. The summed E-state index contributed by atoms with van der Waals surface area (Å²) in [6.07, 6.45) is 5.19. The summed E-state index contributed by atoms with van der Waals surface area (Å²) in [6.45, 7) is 3.11. The van der Waals surface area contributed by atoms with Crippen molar-refractivity contribution in [3.63, 3.8) is 0 Å². The standard InChI is InChI=1S/C17H22N2O/c1-12-6-2-3-8-14(12)11-18-17(20)16-10-13-7-4-5-9-15(13)19-16/h4-5,7,9-10,12,14,19H,2-3,6,8,11H2,1H3,(H,18,20). The quantitative estimate of drug-likeness (QED) is 0.877. The van der Waals surface area contributed by atoms with Gasteiger partial charge in [-0.1, -0.05) is 44.4 Å². The largest absolute Gasteiger partial charge is 0.351 e. The molecule has 1 aliphatic rings. The van der Waals surface area contributed by atoms with Crippen molar-refractivity contribution in [3.05, 3.63) is 36.0 Å². The molecule has 2 unspecified atom stereocenters. The number of para-hydroxylation sites is 1. The van der Waals surface area contributed by atoms with Crippen LogP contribution in [0, 0.1) is 11.8 Å². The molecule has 2 N–H and O–H groups in total. The first kappa shape index (κ1) is 13.2. The number of carbonyl (C=O) groups excluding carboxylic acids is 1. The molecular formula is C17H22N2O. The van der Waals surface area contributed by atoms with Gasteiger partial charge in [0.2, 0.25) is 0 Å². The van der Waals surface area contributed by atoms with Crippen LogP contribution in [-0.2, 0) is 0 Å². The van der Waals surface area contributed by atoms with E-state index in [0.29, 0.717) is 11.6 Å². The molecule has 0 aliphatic heterocycles. The smallest absolute Gasteiger partial charge is 0.267 e. The molecule has 3 nitrogen and oxygen atoms in total. The number of amides is 1. The summed E-state index contributed by atoms with van der Waals surface area (Å²) in [7, 11) is 0. The van der Waals surface area contributed by atoms with Gasteiger partial charge in [0.15, 0.2) is 0 Å². The van der Waals surface area contributed by atoms with Crippen LogP contribution < -0.4 is 5.32 Å². The van der Waals surface area contributed by atoms with Crippen LogP contribution in [0.4, 0.5) is 0 Å². The highest BCUT2D eigenvalue weighted by Crippen LogP contribution is 2.28. The lowest BCUT2D eigenvalue weighted by atomic mass is 9.80. The monoisotopic (exact) mass is 270 g/mol. The van der Waals surface area contributed by atoms with Gasteiger partial charge in [-0.25, -0.2) is 0 Å². The number of aromatic nitrogens is 1. The van der Waals surface area contributed by atoms with E-state index in [1.54, 1.807) is 0 Å². The van der Waals surface area contributed by atoms with Gasteiger partial charge >= 0.3 is 0 Å². The third kappa shape index (κ3) is 2.72. The van der Waals surface area contributed by atoms with Crippen molar-refractivity contribution in [1.29, 1.82) is 0 Å². The van der Waals surface area contributed by atoms with Gasteiger partial charge in [-0.3, -0.25) is 4.79 Å². The van der Waals surface area contributed by atoms with Gasteiger partial charge in [-0.2, -0.15) is 0 Å². The molecule has 1 amide bonds. The molecule has 0 radical (unpaired) electrons. The lowest BCUT2D eigenvalue weighted by Gasteiger charge is -2.28. The third-order valence-electron chi connectivity index (χ3n) is 4.59. The summed E-state index contributed by atoms with van der Waals surface area (Å²) in [5.41, 5.74) is 1.68. The van der Waals surface area contributed by atoms with Gasteiger partial charge in [0, 0.05) is 17.4 Å². The SMILES string of the molecule is CC1CCCCC1CNC(=O)c1cc2ccccc2[nH]1. The highest BCUT2D eigenvalue weighted by Gasteiger charge is 2.22.